The topological polar surface area (TPSA) is 98.0 Å². The van der Waals surface area contributed by atoms with Crippen LogP contribution in [0.2, 0.25) is 0 Å². The molecule has 1 saturated carbocycles. The lowest BCUT2D eigenvalue weighted by Crippen LogP contribution is -2.22. The Labute approximate surface area is 146 Å². The molecule has 134 valence electrons. The van der Waals surface area contributed by atoms with Crippen molar-refractivity contribution < 1.29 is 9.84 Å². The van der Waals surface area contributed by atoms with E-state index in [1.807, 2.05) is 13.8 Å². The Morgan fingerprint density at radius 3 is 3.08 bits per heavy atom. The Balaban J connectivity index is 1.43. The van der Waals surface area contributed by atoms with Crippen molar-refractivity contribution in [1.29, 1.82) is 0 Å². The fourth-order valence-corrected chi connectivity index (χ4v) is 3.79. The van der Waals surface area contributed by atoms with Gasteiger partial charge in [0.2, 0.25) is 0 Å². The van der Waals surface area contributed by atoms with Gasteiger partial charge >= 0.3 is 0 Å². The van der Waals surface area contributed by atoms with Crippen molar-refractivity contribution in [2.45, 2.75) is 51.9 Å². The fraction of sp³-hybridized carbons (Fsp3) is 0.647. The first kappa shape index (κ1) is 16.4. The molecule has 0 radical (unpaired) electrons. The van der Waals surface area contributed by atoms with E-state index in [0.717, 1.165) is 48.2 Å². The van der Waals surface area contributed by atoms with E-state index in [4.69, 9.17) is 4.74 Å². The molecule has 2 aliphatic rings. The second-order valence-electron chi connectivity index (χ2n) is 7.00. The number of ether oxygens (including phenoxy) is 1. The van der Waals surface area contributed by atoms with Gasteiger partial charge in [-0.15, -0.1) is 10.2 Å². The summed E-state index contributed by atoms with van der Waals surface area (Å²) in [6.45, 7) is 6.57. The summed E-state index contributed by atoms with van der Waals surface area (Å²) in [5, 5.41) is 22.5. The van der Waals surface area contributed by atoms with Gasteiger partial charge in [0.1, 0.15) is 18.2 Å². The quantitative estimate of drug-likeness (QED) is 0.859. The average Bonchev–Trinajstić information content (AvgIpc) is 3.19. The van der Waals surface area contributed by atoms with Crippen LogP contribution in [-0.4, -0.2) is 49.1 Å². The summed E-state index contributed by atoms with van der Waals surface area (Å²) >= 11 is 0. The maximum absolute atomic E-state index is 10.5. The highest BCUT2D eigenvalue weighted by Gasteiger charge is 2.37. The number of anilines is 1. The third kappa shape index (κ3) is 3.23. The van der Waals surface area contributed by atoms with Gasteiger partial charge in [-0.05, 0) is 26.7 Å². The van der Waals surface area contributed by atoms with Crippen LogP contribution in [0, 0.1) is 19.8 Å². The number of nitrogens with one attached hydrogen (secondary N) is 1. The van der Waals surface area contributed by atoms with Crippen LogP contribution in [0.4, 0.5) is 5.82 Å². The third-order valence-corrected chi connectivity index (χ3v) is 5.18. The van der Waals surface area contributed by atoms with E-state index in [-0.39, 0.29) is 17.9 Å². The minimum Gasteiger partial charge on any atom is -0.393 e. The number of aryl methyl sites for hydroxylation is 2. The molecule has 3 heterocycles. The number of fused-ring (bicyclic) bond motifs is 1. The lowest BCUT2D eigenvalue weighted by Gasteiger charge is -2.18. The molecule has 8 nitrogen and oxygen atoms in total. The first-order valence-electron chi connectivity index (χ1n) is 8.83. The monoisotopic (exact) mass is 344 g/mol. The molecule has 0 bridgehead atoms. The Morgan fingerprint density at radius 1 is 1.32 bits per heavy atom. The predicted octanol–water partition coefficient (Wildman–Crippen LogP) is 1.18. The summed E-state index contributed by atoms with van der Waals surface area (Å²) in [7, 11) is 0. The van der Waals surface area contributed by atoms with Crippen molar-refractivity contribution in [3.05, 3.63) is 29.2 Å². The summed E-state index contributed by atoms with van der Waals surface area (Å²) in [6, 6.07) is 0. The zero-order valence-electron chi connectivity index (χ0n) is 14.6. The Kier molecular flexibility index (Phi) is 4.39. The molecular formula is C17H24N6O2. The second kappa shape index (κ2) is 6.68. The smallest absolute Gasteiger partial charge is 0.159 e. The van der Waals surface area contributed by atoms with Gasteiger partial charge in [-0.25, -0.2) is 4.98 Å². The minimum atomic E-state index is -0.344. The van der Waals surface area contributed by atoms with Crippen LogP contribution in [-0.2, 0) is 17.9 Å². The molecule has 8 heteroatoms. The maximum Gasteiger partial charge on any atom is 0.159 e. The molecule has 0 unspecified atom stereocenters. The van der Waals surface area contributed by atoms with Crippen molar-refractivity contribution in [3.63, 3.8) is 0 Å². The van der Waals surface area contributed by atoms with Crippen molar-refractivity contribution in [3.8, 4) is 0 Å². The molecule has 0 spiro atoms. The molecule has 2 N–H and O–H groups in total. The number of aliphatic hydroxyl groups excluding tert-OH is 1. The van der Waals surface area contributed by atoms with Gasteiger partial charge in [0.25, 0.3) is 0 Å². The lowest BCUT2D eigenvalue weighted by atomic mass is 10.0. The molecule has 3 atom stereocenters. The van der Waals surface area contributed by atoms with Crippen molar-refractivity contribution in [1.82, 2.24) is 24.7 Å². The Hall–Kier alpha value is -2.06. The molecule has 1 aliphatic heterocycles. The molecule has 1 aliphatic carbocycles. The number of aromatic nitrogens is 5. The van der Waals surface area contributed by atoms with Gasteiger partial charge in [-0.2, -0.15) is 0 Å². The van der Waals surface area contributed by atoms with Gasteiger partial charge < -0.3 is 19.7 Å². The molecule has 2 aromatic heterocycles. The molecule has 0 amide bonds. The van der Waals surface area contributed by atoms with Crippen LogP contribution >= 0.6 is 0 Å². The Bertz CT molecular complexity index is 762. The van der Waals surface area contributed by atoms with Crippen LogP contribution in [0.15, 0.2) is 6.20 Å². The number of nitrogens with zero attached hydrogens (tertiary/aromatic N) is 5. The van der Waals surface area contributed by atoms with E-state index in [1.54, 1.807) is 6.20 Å². The van der Waals surface area contributed by atoms with Crippen LogP contribution in [0.1, 0.15) is 41.8 Å². The number of hydrogen-bond acceptors (Lipinski definition) is 7. The highest BCUT2D eigenvalue weighted by Crippen LogP contribution is 2.38. The van der Waals surface area contributed by atoms with Crippen molar-refractivity contribution in [2.24, 2.45) is 5.92 Å². The zero-order valence-corrected chi connectivity index (χ0v) is 14.6. The molecule has 0 aromatic carbocycles. The summed E-state index contributed by atoms with van der Waals surface area (Å²) in [6.07, 6.45) is 3.04. The highest BCUT2D eigenvalue weighted by atomic mass is 16.5. The zero-order chi connectivity index (χ0) is 17.4. The van der Waals surface area contributed by atoms with Crippen LogP contribution < -0.4 is 5.32 Å². The first-order chi connectivity index (χ1) is 12.1. The Morgan fingerprint density at radius 2 is 2.20 bits per heavy atom. The fourth-order valence-electron chi connectivity index (χ4n) is 3.79. The largest absolute Gasteiger partial charge is 0.393 e. The highest BCUT2D eigenvalue weighted by molar-refractivity contribution is 5.39. The van der Waals surface area contributed by atoms with E-state index in [9.17, 15) is 5.11 Å². The van der Waals surface area contributed by atoms with Crippen molar-refractivity contribution >= 4 is 5.82 Å². The molecular weight excluding hydrogens is 320 g/mol. The standard InChI is InChI=1S/C17H24N6O2/c1-10-7-18-11(2)16(20-10)19-8-13-5-12(6-14(13)24)17-22-21-15-9-25-4-3-23(15)17/h7,12-14,24H,3-6,8-9H2,1-2H3,(H,19,20)/t12-,13+,14+/m0/s1. The van der Waals surface area contributed by atoms with E-state index >= 15 is 0 Å². The third-order valence-electron chi connectivity index (χ3n) is 5.18. The van der Waals surface area contributed by atoms with E-state index < -0.39 is 0 Å². The summed E-state index contributed by atoms with van der Waals surface area (Å²) in [5.41, 5.74) is 1.76. The van der Waals surface area contributed by atoms with Gasteiger partial charge in [0, 0.05) is 31.1 Å². The van der Waals surface area contributed by atoms with Gasteiger partial charge in [-0.3, -0.25) is 4.98 Å². The maximum atomic E-state index is 10.5. The van der Waals surface area contributed by atoms with Gasteiger partial charge in [0.15, 0.2) is 5.82 Å². The summed E-state index contributed by atoms with van der Waals surface area (Å²) in [4.78, 5) is 8.82. The first-order valence-corrected chi connectivity index (χ1v) is 8.83. The predicted molar refractivity (Wildman–Crippen MR) is 91.1 cm³/mol. The van der Waals surface area contributed by atoms with Crippen LogP contribution in [0.25, 0.3) is 0 Å². The molecule has 0 saturated heterocycles. The van der Waals surface area contributed by atoms with Gasteiger partial charge in [0.05, 0.1) is 24.1 Å². The normalized spacial score (nSPS) is 25.8. The van der Waals surface area contributed by atoms with Crippen LogP contribution in [0.3, 0.4) is 0 Å². The van der Waals surface area contributed by atoms with Crippen molar-refractivity contribution in [2.75, 3.05) is 18.5 Å². The van der Waals surface area contributed by atoms with Gasteiger partial charge in [-0.1, -0.05) is 0 Å². The summed E-state index contributed by atoms with van der Waals surface area (Å²) < 4.78 is 7.59. The second-order valence-corrected chi connectivity index (χ2v) is 7.00. The SMILES string of the molecule is Cc1cnc(C)c(NC[C@H]2C[C@H](c3nnc4n3CCOC4)C[C@H]2O)n1. The molecule has 25 heavy (non-hydrogen) atoms. The number of hydrogen-bond donors (Lipinski definition) is 2. The molecule has 2 aromatic rings. The van der Waals surface area contributed by atoms with E-state index in [0.29, 0.717) is 19.8 Å². The number of rotatable bonds is 4. The molecule has 1 fully saturated rings. The average molecular weight is 344 g/mol. The lowest BCUT2D eigenvalue weighted by molar-refractivity contribution is 0.0801. The van der Waals surface area contributed by atoms with E-state index in [2.05, 4.69) is 30.0 Å². The minimum absolute atomic E-state index is 0.166. The van der Waals surface area contributed by atoms with E-state index in [1.165, 1.54) is 0 Å². The number of aliphatic hydroxyl groups is 1. The summed E-state index contributed by atoms with van der Waals surface area (Å²) in [5.74, 6) is 3.09. The van der Waals surface area contributed by atoms with Crippen LogP contribution in [0.5, 0.6) is 0 Å². The molecule has 4 rings (SSSR count).